The van der Waals surface area contributed by atoms with Gasteiger partial charge in [-0.2, -0.15) is 0 Å². The maximum absolute atomic E-state index is 12.4. The molecule has 0 aliphatic rings. The third kappa shape index (κ3) is 3.95. The molecule has 0 aliphatic carbocycles. The molecule has 2 aromatic carbocycles. The number of methoxy groups -OCH3 is 1. The molecule has 0 aromatic heterocycles. The maximum atomic E-state index is 12.4. The summed E-state index contributed by atoms with van der Waals surface area (Å²) >= 11 is 5.66. The molecule has 0 spiro atoms. The topological polar surface area (TPSA) is 142 Å². The van der Waals surface area contributed by atoms with Gasteiger partial charge in [0.05, 0.1) is 27.5 Å². The zero-order valence-corrected chi connectivity index (χ0v) is 14.1. The number of sulfonamides is 1. The molecule has 0 aliphatic heterocycles. The van der Waals surface area contributed by atoms with E-state index < -0.39 is 36.1 Å². The first-order valence-corrected chi connectivity index (χ1v) is 8.31. The summed E-state index contributed by atoms with van der Waals surface area (Å²) in [6.07, 6.45) is 0. The van der Waals surface area contributed by atoms with Gasteiger partial charge in [-0.1, -0.05) is 11.6 Å². The number of anilines is 1. The summed E-state index contributed by atoms with van der Waals surface area (Å²) in [5.41, 5.74) is -1.13. The van der Waals surface area contributed by atoms with Gasteiger partial charge in [0.2, 0.25) is 0 Å². The fourth-order valence-electron chi connectivity index (χ4n) is 1.91. The van der Waals surface area contributed by atoms with Crippen LogP contribution in [0.4, 0.5) is 17.1 Å². The predicted octanol–water partition coefficient (Wildman–Crippen LogP) is 2.97. The van der Waals surface area contributed by atoms with Crippen molar-refractivity contribution in [3.05, 3.63) is 61.6 Å². The Morgan fingerprint density at radius 1 is 1.04 bits per heavy atom. The lowest BCUT2D eigenvalue weighted by Crippen LogP contribution is -2.13. The van der Waals surface area contributed by atoms with Crippen molar-refractivity contribution in [1.29, 1.82) is 0 Å². The third-order valence-electron chi connectivity index (χ3n) is 3.05. The molecule has 25 heavy (non-hydrogen) atoms. The highest BCUT2D eigenvalue weighted by Crippen LogP contribution is 2.31. The SMILES string of the molecule is COc1ccc(S(=O)(=O)Nc2ccc(Cl)c([N+](=O)[O-])c2)cc1[N+](=O)[O-]. The number of nitrogens with one attached hydrogen (secondary N) is 1. The van der Waals surface area contributed by atoms with Crippen LogP contribution in [0.3, 0.4) is 0 Å². The van der Waals surface area contributed by atoms with Crippen LogP contribution in [-0.4, -0.2) is 25.4 Å². The number of benzene rings is 2. The second-order valence-electron chi connectivity index (χ2n) is 4.62. The molecule has 0 atom stereocenters. The summed E-state index contributed by atoms with van der Waals surface area (Å²) in [5.74, 6) is -0.105. The molecule has 2 rings (SSSR count). The van der Waals surface area contributed by atoms with E-state index in [1.807, 2.05) is 0 Å². The van der Waals surface area contributed by atoms with Crippen molar-refractivity contribution in [2.24, 2.45) is 0 Å². The van der Waals surface area contributed by atoms with E-state index in [0.29, 0.717) is 0 Å². The van der Waals surface area contributed by atoms with Gasteiger partial charge in [-0.25, -0.2) is 8.42 Å². The lowest BCUT2D eigenvalue weighted by Gasteiger charge is -2.09. The van der Waals surface area contributed by atoms with E-state index in [1.54, 1.807) is 0 Å². The molecule has 0 amide bonds. The Bertz CT molecular complexity index is 962. The number of ether oxygens (including phenoxy) is 1. The van der Waals surface area contributed by atoms with Crippen molar-refractivity contribution >= 4 is 38.7 Å². The van der Waals surface area contributed by atoms with Crippen molar-refractivity contribution in [2.75, 3.05) is 11.8 Å². The first-order chi connectivity index (χ1) is 11.7. The van der Waals surface area contributed by atoms with Crippen LogP contribution in [0.1, 0.15) is 0 Å². The molecular formula is C13H10ClN3O7S. The molecule has 0 fully saturated rings. The molecule has 1 N–H and O–H groups in total. The number of nitro groups is 2. The van der Waals surface area contributed by atoms with Crippen LogP contribution < -0.4 is 9.46 Å². The van der Waals surface area contributed by atoms with Crippen LogP contribution in [0.25, 0.3) is 0 Å². The Morgan fingerprint density at radius 3 is 2.24 bits per heavy atom. The smallest absolute Gasteiger partial charge is 0.312 e. The summed E-state index contributed by atoms with van der Waals surface area (Å²) in [6.45, 7) is 0. The van der Waals surface area contributed by atoms with Crippen LogP contribution in [0.2, 0.25) is 5.02 Å². The Morgan fingerprint density at radius 2 is 1.68 bits per heavy atom. The van der Waals surface area contributed by atoms with Gasteiger partial charge in [-0.05, 0) is 24.3 Å². The summed E-state index contributed by atoms with van der Waals surface area (Å²) < 4.78 is 31.6. The van der Waals surface area contributed by atoms with Crippen molar-refractivity contribution < 1.29 is 23.0 Å². The largest absolute Gasteiger partial charge is 0.490 e. The Balaban J connectivity index is 2.43. The monoisotopic (exact) mass is 387 g/mol. The van der Waals surface area contributed by atoms with Gasteiger partial charge in [0.1, 0.15) is 5.02 Å². The van der Waals surface area contributed by atoms with Gasteiger partial charge >= 0.3 is 5.69 Å². The lowest BCUT2D eigenvalue weighted by molar-refractivity contribution is -0.386. The molecule has 132 valence electrons. The Labute approximate surface area is 146 Å². The zero-order valence-electron chi connectivity index (χ0n) is 12.5. The van der Waals surface area contributed by atoms with E-state index in [2.05, 4.69) is 4.72 Å². The van der Waals surface area contributed by atoms with Crippen LogP contribution >= 0.6 is 11.6 Å². The van der Waals surface area contributed by atoms with E-state index in [-0.39, 0.29) is 16.5 Å². The number of halogens is 1. The quantitative estimate of drug-likeness (QED) is 0.592. The summed E-state index contributed by atoms with van der Waals surface area (Å²) in [7, 11) is -3.02. The molecule has 2 aromatic rings. The number of hydrogen-bond donors (Lipinski definition) is 1. The number of hydrogen-bond acceptors (Lipinski definition) is 7. The molecule has 0 unspecified atom stereocenters. The minimum atomic E-state index is -4.23. The zero-order chi connectivity index (χ0) is 18.8. The fraction of sp³-hybridized carbons (Fsp3) is 0.0769. The van der Waals surface area contributed by atoms with E-state index in [9.17, 15) is 28.6 Å². The second-order valence-corrected chi connectivity index (χ2v) is 6.71. The highest BCUT2D eigenvalue weighted by Gasteiger charge is 2.23. The van der Waals surface area contributed by atoms with Crippen molar-refractivity contribution in [1.82, 2.24) is 0 Å². The maximum Gasteiger partial charge on any atom is 0.312 e. The molecule has 0 saturated carbocycles. The van der Waals surface area contributed by atoms with E-state index in [0.717, 1.165) is 30.3 Å². The Hall–Kier alpha value is -2.92. The number of nitro benzene ring substituents is 2. The van der Waals surface area contributed by atoms with Crippen molar-refractivity contribution in [3.63, 3.8) is 0 Å². The minimum absolute atomic E-state index is 0.105. The van der Waals surface area contributed by atoms with Crippen LogP contribution in [0.5, 0.6) is 5.75 Å². The number of nitrogens with zero attached hydrogens (tertiary/aromatic N) is 2. The van der Waals surface area contributed by atoms with Gasteiger partial charge in [0, 0.05) is 12.1 Å². The molecule has 0 bridgehead atoms. The summed E-state index contributed by atoms with van der Waals surface area (Å²) in [4.78, 5) is 19.9. The highest BCUT2D eigenvalue weighted by atomic mass is 35.5. The van der Waals surface area contributed by atoms with Gasteiger partial charge in [-0.3, -0.25) is 25.0 Å². The first kappa shape index (κ1) is 18.4. The van der Waals surface area contributed by atoms with E-state index >= 15 is 0 Å². The Kier molecular flexibility index (Phi) is 5.09. The molecule has 0 heterocycles. The molecule has 12 heteroatoms. The molecular weight excluding hydrogens is 378 g/mol. The third-order valence-corrected chi connectivity index (χ3v) is 4.75. The van der Waals surface area contributed by atoms with Crippen molar-refractivity contribution in [2.45, 2.75) is 4.90 Å². The summed E-state index contributed by atoms with van der Waals surface area (Å²) in [6, 6.07) is 6.40. The summed E-state index contributed by atoms with van der Waals surface area (Å²) in [5, 5.41) is 21.7. The van der Waals surface area contributed by atoms with Gasteiger partial charge in [-0.15, -0.1) is 0 Å². The van der Waals surface area contributed by atoms with Crippen molar-refractivity contribution in [3.8, 4) is 5.75 Å². The van der Waals surface area contributed by atoms with E-state index in [1.165, 1.54) is 13.2 Å². The number of rotatable bonds is 6. The average molecular weight is 388 g/mol. The first-order valence-electron chi connectivity index (χ1n) is 6.45. The predicted molar refractivity (Wildman–Crippen MR) is 88.6 cm³/mol. The van der Waals surface area contributed by atoms with Crippen LogP contribution in [0, 0.1) is 20.2 Å². The minimum Gasteiger partial charge on any atom is -0.490 e. The van der Waals surface area contributed by atoms with Crippen LogP contribution in [0.15, 0.2) is 41.3 Å². The standard InChI is InChI=1S/C13H10ClN3O7S/c1-24-13-5-3-9(7-12(13)17(20)21)25(22,23)15-8-2-4-10(14)11(6-8)16(18)19/h2-7,15H,1H3. The average Bonchev–Trinajstić information content (AvgIpc) is 2.55. The van der Waals surface area contributed by atoms with Gasteiger partial charge in [0.15, 0.2) is 5.75 Å². The lowest BCUT2D eigenvalue weighted by atomic mass is 10.3. The molecule has 0 saturated heterocycles. The molecule has 10 nitrogen and oxygen atoms in total. The molecule has 0 radical (unpaired) electrons. The van der Waals surface area contributed by atoms with E-state index in [4.69, 9.17) is 16.3 Å². The fourth-order valence-corrected chi connectivity index (χ4v) is 3.17. The van der Waals surface area contributed by atoms with Gasteiger partial charge < -0.3 is 4.74 Å². The second kappa shape index (κ2) is 6.91. The van der Waals surface area contributed by atoms with Crippen LogP contribution in [-0.2, 0) is 10.0 Å². The highest BCUT2D eigenvalue weighted by molar-refractivity contribution is 7.92. The van der Waals surface area contributed by atoms with Gasteiger partial charge in [0.25, 0.3) is 15.7 Å². The normalized spacial score (nSPS) is 11.0.